The maximum absolute atomic E-state index is 12.8. The molecule has 10 heteroatoms. The summed E-state index contributed by atoms with van der Waals surface area (Å²) in [6, 6.07) is 1.50. The number of anilines is 1. The van der Waals surface area contributed by atoms with Gasteiger partial charge in [-0.05, 0) is 54.5 Å². The molecule has 9 nitrogen and oxygen atoms in total. The Morgan fingerprint density at radius 3 is 2.59 bits per heavy atom. The van der Waals surface area contributed by atoms with Crippen LogP contribution in [0.2, 0.25) is 0 Å². The number of fused-ring (bicyclic) bond motifs is 3. The van der Waals surface area contributed by atoms with Crippen molar-refractivity contribution >= 4 is 21.7 Å². The van der Waals surface area contributed by atoms with Gasteiger partial charge in [0.05, 0.1) is 18.8 Å². The van der Waals surface area contributed by atoms with Crippen LogP contribution in [0.15, 0.2) is 17.2 Å². The maximum atomic E-state index is 12.8. The summed E-state index contributed by atoms with van der Waals surface area (Å²) in [5, 5.41) is 10.1. The van der Waals surface area contributed by atoms with Gasteiger partial charge < -0.3 is 15.4 Å². The zero-order chi connectivity index (χ0) is 20.2. The number of hydrogen-bond donors (Lipinski definition) is 3. The molecule has 3 aliphatic rings. The number of sulfonamides is 1. The Morgan fingerprint density at radius 2 is 1.97 bits per heavy atom. The van der Waals surface area contributed by atoms with Crippen molar-refractivity contribution in [3.63, 3.8) is 0 Å². The molecule has 0 bridgehead atoms. The van der Waals surface area contributed by atoms with Crippen LogP contribution in [0, 0.1) is 0 Å². The van der Waals surface area contributed by atoms with Gasteiger partial charge in [0.25, 0.3) is 10.0 Å². The molecule has 1 atom stereocenters. The predicted octanol–water partition coefficient (Wildman–Crippen LogP) is 0.961. The number of carbonyl (C=O) groups excluding carboxylic acids is 1. The zero-order valence-corrected chi connectivity index (χ0v) is 16.9. The molecule has 1 aliphatic heterocycles. The van der Waals surface area contributed by atoms with E-state index in [1.165, 1.54) is 22.0 Å². The fourth-order valence-corrected chi connectivity index (χ4v) is 5.19. The Labute approximate surface area is 168 Å². The number of hydrogen-bond acceptors (Lipinski definition) is 6. The van der Waals surface area contributed by atoms with Crippen LogP contribution in [0.5, 0.6) is 5.88 Å². The molecule has 0 radical (unpaired) electrons. The van der Waals surface area contributed by atoms with E-state index in [2.05, 4.69) is 26.5 Å². The molecule has 0 saturated heterocycles. The average molecular weight is 417 g/mol. The minimum absolute atomic E-state index is 0.0635. The topological polar surface area (TPSA) is 114 Å². The van der Waals surface area contributed by atoms with Gasteiger partial charge in [-0.15, -0.1) is 0 Å². The summed E-state index contributed by atoms with van der Waals surface area (Å²) in [4.78, 5) is 12.4. The quantitative estimate of drug-likeness (QED) is 0.668. The van der Waals surface area contributed by atoms with Gasteiger partial charge in [-0.2, -0.15) is 5.10 Å². The van der Waals surface area contributed by atoms with Gasteiger partial charge in [-0.3, -0.25) is 0 Å². The zero-order valence-electron chi connectivity index (χ0n) is 16.1. The first-order chi connectivity index (χ1) is 14.0. The summed E-state index contributed by atoms with van der Waals surface area (Å²) in [5.74, 6) is 0.160. The largest absolute Gasteiger partial charge is 0.475 e. The van der Waals surface area contributed by atoms with Crippen LogP contribution in [-0.2, 0) is 42.3 Å². The van der Waals surface area contributed by atoms with Crippen LogP contribution in [0.25, 0.3) is 0 Å². The summed E-state index contributed by atoms with van der Waals surface area (Å²) in [6.07, 6.45) is 5.04. The molecule has 0 spiro atoms. The highest BCUT2D eigenvalue weighted by molar-refractivity contribution is 7.90. The molecule has 1 aromatic heterocycles. The van der Waals surface area contributed by atoms with Gasteiger partial charge in [0.15, 0.2) is 4.90 Å². The van der Waals surface area contributed by atoms with Crippen LogP contribution < -0.4 is 20.1 Å². The van der Waals surface area contributed by atoms with Crippen molar-refractivity contribution in [1.29, 1.82) is 0 Å². The van der Waals surface area contributed by atoms with Crippen LogP contribution >= 0.6 is 0 Å². The number of benzene rings is 1. The third kappa shape index (κ3) is 3.06. The second-order valence-electron chi connectivity index (χ2n) is 7.65. The minimum atomic E-state index is -4.11. The third-order valence-corrected chi connectivity index (χ3v) is 7.15. The third-order valence-electron chi connectivity index (χ3n) is 5.84. The lowest BCUT2D eigenvalue weighted by atomic mass is 9.76. The molecule has 154 valence electrons. The van der Waals surface area contributed by atoms with E-state index in [1.807, 2.05) is 6.92 Å². The summed E-state index contributed by atoms with van der Waals surface area (Å²) in [6.45, 7) is 3.62. The normalized spacial score (nSPS) is 19.0. The summed E-state index contributed by atoms with van der Waals surface area (Å²) in [5.41, 5.74) is 5.52. The molecular weight excluding hydrogens is 394 g/mol. The smallest absolute Gasteiger partial charge is 0.333 e. The standard InChI is InChI=1S/C19H23N5O4S/c1-2-20-13-9-24-18(28-10-13)16(8-21-24)29(26,27)23-19(25)22-17-14-5-3-11(14)7-12-4-6-15(12)17/h7-8,13,20H,2-6,9-10H2,1H3,(H2,22,23,25). The van der Waals surface area contributed by atoms with Gasteiger partial charge in [-0.1, -0.05) is 13.0 Å². The first-order valence-electron chi connectivity index (χ1n) is 9.88. The number of amides is 2. The molecule has 2 aliphatic carbocycles. The van der Waals surface area contributed by atoms with Crippen LogP contribution in [0.4, 0.5) is 10.5 Å². The average Bonchev–Trinajstić information content (AvgIpc) is 3.03. The summed E-state index contributed by atoms with van der Waals surface area (Å²) in [7, 11) is -4.11. The van der Waals surface area contributed by atoms with Crippen LogP contribution in [-0.4, -0.2) is 43.4 Å². The van der Waals surface area contributed by atoms with E-state index in [0.717, 1.165) is 49.0 Å². The maximum Gasteiger partial charge on any atom is 0.333 e. The monoisotopic (exact) mass is 417 g/mol. The second kappa shape index (κ2) is 6.74. The lowest BCUT2D eigenvalue weighted by Gasteiger charge is -2.32. The number of ether oxygens (including phenoxy) is 1. The molecule has 29 heavy (non-hydrogen) atoms. The van der Waals surface area contributed by atoms with Gasteiger partial charge in [0.2, 0.25) is 5.88 Å². The molecule has 1 unspecified atom stereocenters. The summed E-state index contributed by atoms with van der Waals surface area (Å²) < 4.78 is 34.8. The van der Waals surface area contributed by atoms with E-state index >= 15 is 0 Å². The van der Waals surface area contributed by atoms with Crippen LogP contribution in [0.1, 0.15) is 29.2 Å². The molecule has 2 aromatic rings. The van der Waals surface area contributed by atoms with E-state index in [1.54, 1.807) is 0 Å². The van der Waals surface area contributed by atoms with E-state index in [-0.39, 0.29) is 16.8 Å². The number of rotatable bonds is 5. The summed E-state index contributed by atoms with van der Waals surface area (Å²) >= 11 is 0. The number of aromatic nitrogens is 2. The molecule has 3 N–H and O–H groups in total. The van der Waals surface area contributed by atoms with Crippen LogP contribution in [0.3, 0.4) is 0 Å². The predicted molar refractivity (Wildman–Crippen MR) is 106 cm³/mol. The number of aryl methyl sites for hydroxylation is 2. The Hall–Kier alpha value is -2.59. The first kappa shape index (κ1) is 18.4. The molecule has 2 heterocycles. The highest BCUT2D eigenvalue weighted by Gasteiger charge is 2.32. The van der Waals surface area contributed by atoms with Crippen molar-refractivity contribution in [3.05, 3.63) is 34.5 Å². The molecule has 5 rings (SSSR count). The highest BCUT2D eigenvalue weighted by Crippen LogP contribution is 2.40. The van der Waals surface area contributed by atoms with Crippen molar-refractivity contribution in [2.75, 3.05) is 18.5 Å². The molecule has 1 aromatic carbocycles. The van der Waals surface area contributed by atoms with E-state index in [4.69, 9.17) is 4.74 Å². The molecule has 2 amide bonds. The van der Waals surface area contributed by atoms with Crippen molar-refractivity contribution < 1.29 is 17.9 Å². The van der Waals surface area contributed by atoms with Crippen molar-refractivity contribution in [3.8, 4) is 5.88 Å². The fraction of sp³-hybridized carbons (Fsp3) is 0.474. The van der Waals surface area contributed by atoms with Crippen molar-refractivity contribution in [2.45, 2.75) is 50.1 Å². The van der Waals surface area contributed by atoms with Crippen molar-refractivity contribution in [2.24, 2.45) is 0 Å². The van der Waals surface area contributed by atoms with Gasteiger partial charge >= 0.3 is 6.03 Å². The number of likely N-dealkylation sites (N-methyl/N-ethyl adjacent to an activating group) is 1. The molecular formula is C19H23N5O4S. The molecule has 0 fully saturated rings. The first-order valence-corrected chi connectivity index (χ1v) is 11.4. The van der Waals surface area contributed by atoms with Crippen molar-refractivity contribution in [1.82, 2.24) is 19.8 Å². The number of nitrogens with zero attached hydrogens (tertiary/aromatic N) is 2. The Kier molecular flexibility index (Phi) is 4.28. The number of nitrogens with one attached hydrogen (secondary N) is 3. The lowest BCUT2D eigenvalue weighted by Crippen LogP contribution is -2.42. The van der Waals surface area contributed by atoms with Gasteiger partial charge in [-0.25, -0.2) is 22.6 Å². The Morgan fingerprint density at radius 1 is 1.24 bits per heavy atom. The Balaban J connectivity index is 1.33. The highest BCUT2D eigenvalue weighted by atomic mass is 32.2. The fourth-order valence-electron chi connectivity index (χ4n) is 4.21. The number of urea groups is 1. The SMILES string of the molecule is CCNC1COc2c(S(=O)(=O)NC(=O)Nc3c4c(cc5c3CC5)CC4)cnn2C1. The lowest BCUT2D eigenvalue weighted by molar-refractivity contribution is 0.180. The second-order valence-corrected chi connectivity index (χ2v) is 9.30. The van der Waals surface area contributed by atoms with E-state index < -0.39 is 16.1 Å². The van der Waals surface area contributed by atoms with E-state index in [0.29, 0.717) is 13.2 Å². The van der Waals surface area contributed by atoms with Gasteiger partial charge in [0, 0.05) is 5.69 Å². The Bertz CT molecular complexity index is 1080. The van der Waals surface area contributed by atoms with E-state index in [9.17, 15) is 13.2 Å². The number of carbonyl (C=O) groups is 1. The minimum Gasteiger partial charge on any atom is -0.475 e. The van der Waals surface area contributed by atoms with Gasteiger partial charge in [0.1, 0.15) is 6.61 Å². The molecule has 0 saturated carbocycles.